The number of nitrogens with zero attached hydrogens (tertiary/aromatic N) is 3. The average molecular weight is 385 g/mol. The Labute approximate surface area is 167 Å². The van der Waals surface area contributed by atoms with E-state index in [4.69, 9.17) is 4.74 Å². The molecule has 5 rings (SSSR count). The maximum atomic E-state index is 12.7. The Balaban J connectivity index is 1.27. The quantitative estimate of drug-likeness (QED) is 0.817. The van der Waals surface area contributed by atoms with Gasteiger partial charge in [-0.25, -0.2) is 0 Å². The Hall–Kier alpha value is -1.69. The molecular formula is C22H32N4O2. The fraction of sp³-hybridized carbons (Fsp3) is 0.773. The summed E-state index contributed by atoms with van der Waals surface area (Å²) in [6.07, 6.45) is 6.83. The number of nitrogens with one attached hydrogen (secondary N) is 1. The van der Waals surface area contributed by atoms with Crippen molar-refractivity contribution in [1.29, 1.82) is 0 Å². The smallest absolute Gasteiger partial charge is 0.226 e. The van der Waals surface area contributed by atoms with Crippen LogP contribution in [0.3, 0.4) is 0 Å². The Kier molecular flexibility index (Phi) is 4.57. The van der Waals surface area contributed by atoms with E-state index in [1.807, 2.05) is 13.0 Å². The lowest BCUT2D eigenvalue weighted by Crippen LogP contribution is -2.52. The number of fused-ring (bicyclic) bond motifs is 1. The predicted octanol–water partition coefficient (Wildman–Crippen LogP) is 2.71. The first-order chi connectivity index (χ1) is 13.5. The molecule has 1 saturated heterocycles. The topological polar surface area (TPSA) is 67.3 Å². The van der Waals surface area contributed by atoms with Crippen LogP contribution in [0.4, 0.5) is 5.82 Å². The van der Waals surface area contributed by atoms with Crippen LogP contribution >= 0.6 is 0 Å². The highest BCUT2D eigenvalue weighted by Crippen LogP contribution is 2.46. The number of hydrogen-bond acceptors (Lipinski definition) is 5. The molecule has 0 radical (unpaired) electrons. The average Bonchev–Trinajstić information content (AvgIpc) is 3.60. The first-order valence-electron chi connectivity index (χ1n) is 11.0. The molecule has 4 atom stereocenters. The van der Waals surface area contributed by atoms with Crippen molar-refractivity contribution in [3.8, 4) is 0 Å². The van der Waals surface area contributed by atoms with Gasteiger partial charge in [0.1, 0.15) is 0 Å². The highest BCUT2D eigenvalue weighted by atomic mass is 16.5. The van der Waals surface area contributed by atoms with Gasteiger partial charge >= 0.3 is 0 Å². The lowest BCUT2D eigenvalue weighted by Gasteiger charge is -2.38. The van der Waals surface area contributed by atoms with Gasteiger partial charge in [-0.15, -0.1) is 5.10 Å². The van der Waals surface area contributed by atoms with Gasteiger partial charge in [0.15, 0.2) is 5.82 Å². The fourth-order valence-electron chi connectivity index (χ4n) is 4.80. The summed E-state index contributed by atoms with van der Waals surface area (Å²) in [7, 11) is 0. The third-order valence-corrected chi connectivity index (χ3v) is 7.33. The lowest BCUT2D eigenvalue weighted by molar-refractivity contribution is -0.129. The van der Waals surface area contributed by atoms with E-state index in [0.717, 1.165) is 62.8 Å². The summed E-state index contributed by atoms with van der Waals surface area (Å²) in [4.78, 5) is 15.1. The zero-order valence-electron chi connectivity index (χ0n) is 17.1. The van der Waals surface area contributed by atoms with E-state index < -0.39 is 0 Å². The predicted molar refractivity (Wildman–Crippen MR) is 107 cm³/mol. The zero-order chi connectivity index (χ0) is 19.3. The molecular weight excluding hydrogens is 352 g/mol. The highest BCUT2D eigenvalue weighted by Gasteiger charge is 2.48. The standard InChI is InChI=1S/C22H32N4O2/c1-14-3-6-20(25-24-14)26-11-16-9-18(23-21(27)22(2)7-8-22)19(10-17(16)12-26)28-13-15-4-5-15/h3,6,15-19H,4-5,7-13H2,1-2H3,(H,23,27)/t16-,17+,18-,19-/m0/s1. The molecule has 3 aliphatic carbocycles. The summed E-state index contributed by atoms with van der Waals surface area (Å²) in [5.74, 6) is 3.15. The van der Waals surface area contributed by atoms with Crippen LogP contribution in [0.25, 0.3) is 0 Å². The third kappa shape index (κ3) is 3.76. The summed E-state index contributed by atoms with van der Waals surface area (Å²) in [5.41, 5.74) is 0.821. The monoisotopic (exact) mass is 384 g/mol. The minimum absolute atomic E-state index is 0.128. The van der Waals surface area contributed by atoms with Crippen molar-refractivity contribution in [2.24, 2.45) is 23.2 Å². The molecule has 4 aliphatic rings. The van der Waals surface area contributed by atoms with Crippen molar-refractivity contribution in [2.75, 3.05) is 24.6 Å². The first-order valence-corrected chi connectivity index (χ1v) is 11.0. The Morgan fingerprint density at radius 1 is 1.21 bits per heavy atom. The third-order valence-electron chi connectivity index (χ3n) is 7.33. The summed E-state index contributed by atoms with van der Waals surface area (Å²) < 4.78 is 6.36. The number of rotatable bonds is 6. The van der Waals surface area contributed by atoms with E-state index in [0.29, 0.717) is 11.8 Å². The highest BCUT2D eigenvalue weighted by molar-refractivity contribution is 5.85. The van der Waals surface area contributed by atoms with Crippen molar-refractivity contribution in [2.45, 2.75) is 64.5 Å². The molecule has 1 amide bonds. The normalized spacial score (nSPS) is 33.4. The van der Waals surface area contributed by atoms with Crippen molar-refractivity contribution in [3.63, 3.8) is 0 Å². The van der Waals surface area contributed by atoms with Gasteiger partial charge in [0.05, 0.1) is 17.8 Å². The lowest BCUT2D eigenvalue weighted by atomic mass is 9.77. The SMILES string of the molecule is Cc1ccc(N2C[C@H]3C[C@H](OCC4CC4)[C@@H](NC(=O)C4(C)CC4)C[C@H]3C2)nn1. The van der Waals surface area contributed by atoms with Gasteiger partial charge in [-0.3, -0.25) is 4.79 Å². The molecule has 1 aromatic heterocycles. The molecule has 1 aliphatic heterocycles. The molecule has 1 N–H and O–H groups in total. The number of carbonyl (C=O) groups excluding carboxylic acids is 1. The van der Waals surface area contributed by atoms with Crippen LogP contribution in [-0.4, -0.2) is 47.9 Å². The zero-order valence-corrected chi connectivity index (χ0v) is 17.1. The van der Waals surface area contributed by atoms with E-state index in [2.05, 4.69) is 33.4 Å². The van der Waals surface area contributed by atoms with E-state index in [-0.39, 0.29) is 23.5 Å². The summed E-state index contributed by atoms with van der Waals surface area (Å²) in [6, 6.07) is 4.26. The minimum atomic E-state index is -0.128. The molecule has 4 fully saturated rings. The molecule has 0 aromatic carbocycles. The molecule has 152 valence electrons. The van der Waals surface area contributed by atoms with Gasteiger partial charge in [-0.2, -0.15) is 5.10 Å². The second kappa shape index (κ2) is 6.97. The molecule has 3 saturated carbocycles. The number of aromatic nitrogens is 2. The Morgan fingerprint density at radius 2 is 1.96 bits per heavy atom. The van der Waals surface area contributed by atoms with E-state index in [1.54, 1.807) is 0 Å². The molecule has 0 unspecified atom stereocenters. The second-order valence-electron chi connectivity index (χ2n) is 9.89. The van der Waals surface area contributed by atoms with E-state index >= 15 is 0 Å². The van der Waals surface area contributed by atoms with Gasteiger partial charge in [-0.1, -0.05) is 6.92 Å². The largest absolute Gasteiger partial charge is 0.376 e. The molecule has 0 spiro atoms. The first kappa shape index (κ1) is 18.3. The van der Waals surface area contributed by atoms with Crippen molar-refractivity contribution in [1.82, 2.24) is 15.5 Å². The van der Waals surface area contributed by atoms with Gasteiger partial charge in [0, 0.05) is 25.1 Å². The number of aryl methyl sites for hydroxylation is 1. The number of ether oxygens (including phenoxy) is 1. The van der Waals surface area contributed by atoms with Crippen LogP contribution < -0.4 is 10.2 Å². The maximum absolute atomic E-state index is 12.7. The molecule has 2 heterocycles. The minimum Gasteiger partial charge on any atom is -0.376 e. The van der Waals surface area contributed by atoms with Gasteiger partial charge < -0.3 is 15.0 Å². The number of anilines is 1. The van der Waals surface area contributed by atoms with Crippen LogP contribution in [-0.2, 0) is 9.53 Å². The number of hydrogen-bond donors (Lipinski definition) is 1. The number of carbonyl (C=O) groups is 1. The molecule has 28 heavy (non-hydrogen) atoms. The van der Waals surface area contributed by atoms with Crippen molar-refractivity contribution >= 4 is 11.7 Å². The molecule has 1 aromatic rings. The van der Waals surface area contributed by atoms with Gasteiger partial charge in [-0.05, 0) is 75.3 Å². The van der Waals surface area contributed by atoms with E-state index in [9.17, 15) is 4.79 Å². The maximum Gasteiger partial charge on any atom is 0.226 e. The molecule has 6 heteroatoms. The van der Waals surface area contributed by atoms with Crippen LogP contribution in [0.1, 0.15) is 51.1 Å². The van der Waals surface area contributed by atoms with Gasteiger partial charge in [0.25, 0.3) is 0 Å². The summed E-state index contributed by atoms with van der Waals surface area (Å²) >= 11 is 0. The van der Waals surface area contributed by atoms with Crippen molar-refractivity contribution < 1.29 is 9.53 Å². The van der Waals surface area contributed by atoms with Crippen LogP contribution in [0.2, 0.25) is 0 Å². The fourth-order valence-corrected chi connectivity index (χ4v) is 4.80. The van der Waals surface area contributed by atoms with Crippen LogP contribution in [0.5, 0.6) is 0 Å². The van der Waals surface area contributed by atoms with Crippen LogP contribution in [0.15, 0.2) is 12.1 Å². The molecule has 0 bridgehead atoms. The summed E-state index contributed by atoms with van der Waals surface area (Å²) in [5, 5.41) is 12.0. The second-order valence-corrected chi connectivity index (χ2v) is 9.89. The summed E-state index contributed by atoms with van der Waals surface area (Å²) in [6.45, 7) is 6.93. The van der Waals surface area contributed by atoms with Crippen LogP contribution in [0, 0.1) is 30.1 Å². The van der Waals surface area contributed by atoms with E-state index in [1.165, 1.54) is 12.8 Å². The van der Waals surface area contributed by atoms with Crippen molar-refractivity contribution in [3.05, 3.63) is 17.8 Å². The Bertz CT molecular complexity index is 729. The Morgan fingerprint density at radius 3 is 2.61 bits per heavy atom. The molecule has 6 nitrogen and oxygen atoms in total. The number of amides is 1. The van der Waals surface area contributed by atoms with Gasteiger partial charge in [0.2, 0.25) is 5.91 Å².